The lowest BCUT2D eigenvalue weighted by molar-refractivity contribution is -0.123. The minimum Gasteiger partial charge on any atom is -0.481 e. The van der Waals surface area contributed by atoms with Crippen LogP contribution >= 0.6 is 15.9 Å². The Morgan fingerprint density at radius 3 is 2.67 bits per heavy atom. The highest BCUT2D eigenvalue weighted by Crippen LogP contribution is 2.21. The van der Waals surface area contributed by atoms with E-state index in [4.69, 9.17) is 4.74 Å². The molecule has 0 saturated heterocycles. The quantitative estimate of drug-likeness (QED) is 0.888. The van der Waals surface area contributed by atoms with Crippen molar-refractivity contribution < 1.29 is 13.9 Å². The minimum absolute atomic E-state index is 0.0562. The topological polar surface area (TPSA) is 38.3 Å². The van der Waals surface area contributed by atoms with E-state index in [1.54, 1.807) is 6.07 Å². The molecule has 0 radical (unpaired) electrons. The molecule has 0 spiro atoms. The van der Waals surface area contributed by atoms with Gasteiger partial charge in [0.1, 0.15) is 0 Å². The summed E-state index contributed by atoms with van der Waals surface area (Å²) in [6.07, 6.45) is 0. The molecule has 0 aliphatic heterocycles. The van der Waals surface area contributed by atoms with E-state index in [-0.39, 0.29) is 24.3 Å². The summed E-state index contributed by atoms with van der Waals surface area (Å²) in [6.45, 7) is 1.66. The molecule has 1 N–H and O–H groups in total. The third-order valence-corrected chi connectivity index (χ3v) is 3.42. The number of carbonyl (C=O) groups excluding carboxylic acids is 1. The lowest BCUT2D eigenvalue weighted by Crippen LogP contribution is -2.31. The largest absolute Gasteiger partial charge is 0.481 e. The van der Waals surface area contributed by atoms with Gasteiger partial charge in [-0.3, -0.25) is 4.79 Å². The van der Waals surface area contributed by atoms with Gasteiger partial charge >= 0.3 is 0 Å². The van der Waals surface area contributed by atoms with Gasteiger partial charge in [0.15, 0.2) is 18.2 Å². The van der Waals surface area contributed by atoms with Crippen molar-refractivity contribution in [3.63, 3.8) is 0 Å². The third kappa shape index (κ3) is 4.56. The van der Waals surface area contributed by atoms with Crippen LogP contribution in [0.25, 0.3) is 0 Å². The fraction of sp³-hybridized carbons (Fsp3) is 0.188. The molecule has 2 rings (SSSR count). The maximum absolute atomic E-state index is 13.5. The van der Waals surface area contributed by atoms with Gasteiger partial charge in [-0.25, -0.2) is 4.39 Å². The van der Waals surface area contributed by atoms with E-state index in [0.717, 1.165) is 5.56 Å². The van der Waals surface area contributed by atoms with E-state index >= 15 is 0 Å². The molecular formula is C16H15BrFNO2. The van der Waals surface area contributed by atoms with E-state index in [2.05, 4.69) is 21.2 Å². The number of benzene rings is 2. The molecular weight excluding hydrogens is 337 g/mol. The molecule has 110 valence electrons. The van der Waals surface area contributed by atoms with Gasteiger partial charge in [0, 0.05) is 4.47 Å². The molecule has 3 nitrogen and oxygen atoms in total. The number of hydrogen-bond acceptors (Lipinski definition) is 2. The van der Waals surface area contributed by atoms with Gasteiger partial charge < -0.3 is 10.1 Å². The molecule has 5 heteroatoms. The van der Waals surface area contributed by atoms with Crippen molar-refractivity contribution in [3.05, 3.63) is 64.4 Å². The van der Waals surface area contributed by atoms with Crippen LogP contribution in [0.15, 0.2) is 53.0 Å². The normalized spacial score (nSPS) is 11.8. The number of rotatable bonds is 5. The van der Waals surface area contributed by atoms with Gasteiger partial charge in [-0.05, 0) is 30.7 Å². The van der Waals surface area contributed by atoms with Crippen molar-refractivity contribution in [1.29, 1.82) is 0 Å². The molecule has 0 saturated carbocycles. The van der Waals surface area contributed by atoms with Crippen LogP contribution in [0.1, 0.15) is 18.5 Å². The van der Waals surface area contributed by atoms with Crippen molar-refractivity contribution in [1.82, 2.24) is 5.32 Å². The summed E-state index contributed by atoms with van der Waals surface area (Å²) in [5.41, 5.74) is 1.00. The van der Waals surface area contributed by atoms with Gasteiger partial charge in [0.25, 0.3) is 5.91 Å². The summed E-state index contributed by atoms with van der Waals surface area (Å²) in [5.74, 6) is -0.748. The molecule has 0 aromatic heterocycles. The van der Waals surface area contributed by atoms with Crippen molar-refractivity contribution in [3.8, 4) is 5.75 Å². The second-order valence-corrected chi connectivity index (χ2v) is 5.48. The van der Waals surface area contributed by atoms with Crippen LogP contribution in [0.3, 0.4) is 0 Å². The number of halogens is 2. The number of carbonyl (C=O) groups is 1. The first-order chi connectivity index (χ1) is 10.1. The van der Waals surface area contributed by atoms with E-state index in [9.17, 15) is 9.18 Å². The number of ether oxygens (including phenoxy) is 1. The number of nitrogens with one attached hydrogen (secondary N) is 1. The molecule has 21 heavy (non-hydrogen) atoms. The van der Waals surface area contributed by atoms with Crippen LogP contribution in [0, 0.1) is 5.82 Å². The van der Waals surface area contributed by atoms with Gasteiger partial charge in [0.05, 0.1) is 6.04 Å². The molecule has 0 unspecified atom stereocenters. The SMILES string of the molecule is C[C@@H](NC(=O)COc1ccc(Br)cc1F)c1ccccc1. The number of amides is 1. The highest BCUT2D eigenvalue weighted by atomic mass is 79.9. The van der Waals surface area contributed by atoms with Crippen molar-refractivity contribution in [2.75, 3.05) is 6.61 Å². The zero-order chi connectivity index (χ0) is 15.2. The zero-order valence-electron chi connectivity index (χ0n) is 11.5. The van der Waals surface area contributed by atoms with Crippen molar-refractivity contribution in [2.24, 2.45) is 0 Å². The molecule has 2 aromatic rings. The van der Waals surface area contributed by atoms with Gasteiger partial charge in [0.2, 0.25) is 0 Å². The summed E-state index contributed by atoms with van der Waals surface area (Å²) in [6, 6.07) is 13.9. The summed E-state index contributed by atoms with van der Waals surface area (Å²) < 4.78 is 19.3. The average molecular weight is 352 g/mol. The molecule has 0 heterocycles. The third-order valence-electron chi connectivity index (χ3n) is 2.93. The maximum atomic E-state index is 13.5. The Morgan fingerprint density at radius 2 is 2.00 bits per heavy atom. The fourth-order valence-corrected chi connectivity index (χ4v) is 2.18. The lowest BCUT2D eigenvalue weighted by atomic mass is 10.1. The molecule has 2 aromatic carbocycles. The van der Waals surface area contributed by atoms with Gasteiger partial charge in [-0.1, -0.05) is 46.3 Å². The van der Waals surface area contributed by atoms with Crippen molar-refractivity contribution in [2.45, 2.75) is 13.0 Å². The smallest absolute Gasteiger partial charge is 0.258 e. The summed E-state index contributed by atoms with van der Waals surface area (Å²) >= 11 is 3.16. The van der Waals surface area contributed by atoms with Crippen LogP contribution in [-0.2, 0) is 4.79 Å². The molecule has 0 aliphatic rings. The van der Waals surface area contributed by atoms with E-state index < -0.39 is 5.82 Å². The number of hydrogen-bond donors (Lipinski definition) is 1. The summed E-state index contributed by atoms with van der Waals surface area (Å²) in [7, 11) is 0. The lowest BCUT2D eigenvalue weighted by Gasteiger charge is -2.14. The monoisotopic (exact) mass is 351 g/mol. The van der Waals surface area contributed by atoms with Gasteiger partial charge in [-0.15, -0.1) is 0 Å². The Kier molecular flexibility index (Phi) is 5.33. The first kappa shape index (κ1) is 15.5. The Morgan fingerprint density at radius 1 is 1.29 bits per heavy atom. The average Bonchev–Trinajstić information content (AvgIpc) is 2.47. The van der Waals surface area contributed by atoms with Crippen LogP contribution in [-0.4, -0.2) is 12.5 Å². The summed E-state index contributed by atoms with van der Waals surface area (Å²) in [5, 5.41) is 2.80. The summed E-state index contributed by atoms with van der Waals surface area (Å²) in [4.78, 5) is 11.8. The molecule has 1 atom stereocenters. The fourth-order valence-electron chi connectivity index (χ4n) is 1.84. The Hall–Kier alpha value is -1.88. The maximum Gasteiger partial charge on any atom is 0.258 e. The van der Waals surface area contributed by atoms with Gasteiger partial charge in [-0.2, -0.15) is 0 Å². The van der Waals surface area contributed by atoms with Crippen LogP contribution in [0.2, 0.25) is 0 Å². The van der Waals surface area contributed by atoms with E-state index in [1.165, 1.54) is 12.1 Å². The Labute approximate surface area is 131 Å². The first-order valence-corrected chi connectivity index (χ1v) is 7.27. The van der Waals surface area contributed by atoms with Crippen LogP contribution in [0.4, 0.5) is 4.39 Å². The standard InChI is InChI=1S/C16H15BrFNO2/c1-11(12-5-3-2-4-6-12)19-16(20)10-21-15-8-7-13(17)9-14(15)18/h2-9,11H,10H2,1H3,(H,19,20)/t11-/m1/s1. The van der Waals surface area contributed by atoms with Crippen molar-refractivity contribution >= 4 is 21.8 Å². The second kappa shape index (κ2) is 7.22. The first-order valence-electron chi connectivity index (χ1n) is 6.48. The Balaban J connectivity index is 1.87. The highest BCUT2D eigenvalue weighted by molar-refractivity contribution is 9.10. The van der Waals surface area contributed by atoms with Crippen LogP contribution in [0.5, 0.6) is 5.75 Å². The van der Waals surface area contributed by atoms with E-state index in [0.29, 0.717) is 4.47 Å². The Bertz CT molecular complexity index is 619. The predicted molar refractivity (Wildman–Crippen MR) is 82.6 cm³/mol. The van der Waals surface area contributed by atoms with E-state index in [1.807, 2.05) is 37.3 Å². The molecule has 0 fully saturated rings. The molecule has 0 bridgehead atoms. The minimum atomic E-state index is -0.506. The molecule has 1 amide bonds. The second-order valence-electron chi connectivity index (χ2n) is 4.56. The molecule has 0 aliphatic carbocycles. The predicted octanol–water partition coefficient (Wildman–Crippen LogP) is 3.84. The zero-order valence-corrected chi connectivity index (χ0v) is 13.1. The van der Waals surface area contributed by atoms with Crippen LogP contribution < -0.4 is 10.1 Å². The highest BCUT2D eigenvalue weighted by Gasteiger charge is 2.11.